The number of nitrogens with one attached hydrogen (secondary N) is 1. The molecule has 3 rings (SSSR count). The van der Waals surface area contributed by atoms with Crippen molar-refractivity contribution >= 4 is 33.2 Å². The van der Waals surface area contributed by atoms with Gasteiger partial charge in [-0.2, -0.15) is 0 Å². The monoisotopic (exact) mass is 414 g/mol. The molecule has 1 N–H and O–H groups in total. The highest BCUT2D eigenvalue weighted by molar-refractivity contribution is 7.89. The molecule has 0 atom stereocenters. The van der Waals surface area contributed by atoms with E-state index < -0.39 is 10.0 Å². The van der Waals surface area contributed by atoms with Crippen LogP contribution in [0.3, 0.4) is 0 Å². The molecule has 0 unspecified atom stereocenters. The fraction of sp³-hybridized carbons (Fsp3) is 0.333. The molecule has 0 radical (unpaired) electrons. The molecule has 0 aromatic heterocycles. The average Bonchev–Trinajstić information content (AvgIpc) is 2.64. The second-order valence-corrected chi connectivity index (χ2v) is 8.60. The average molecular weight is 415 g/mol. The van der Waals surface area contributed by atoms with Crippen LogP contribution in [0.1, 0.15) is 11.1 Å². The molecule has 1 aliphatic heterocycles. The first-order valence-electron chi connectivity index (χ1n) is 8.27. The molecule has 0 saturated carbocycles. The van der Waals surface area contributed by atoms with E-state index >= 15 is 0 Å². The van der Waals surface area contributed by atoms with E-state index in [1.807, 2.05) is 24.3 Å². The standard InChI is InChI=1S/C18H20Cl2N2O3S/c19-16-2-1-3-17(18(16)20)26(23,24)21-12-14-4-6-15(7-5-14)13-22-8-10-25-11-9-22/h1-7,21H,8-13H2. The van der Waals surface area contributed by atoms with Crippen molar-refractivity contribution in [3.63, 3.8) is 0 Å². The van der Waals surface area contributed by atoms with Gasteiger partial charge in [0.2, 0.25) is 10.0 Å². The molecule has 0 bridgehead atoms. The molecule has 0 spiro atoms. The van der Waals surface area contributed by atoms with Gasteiger partial charge in [-0.05, 0) is 23.3 Å². The quantitative estimate of drug-likeness (QED) is 0.787. The summed E-state index contributed by atoms with van der Waals surface area (Å²) in [6, 6.07) is 12.4. The van der Waals surface area contributed by atoms with Crippen LogP contribution in [0.4, 0.5) is 0 Å². The van der Waals surface area contributed by atoms with Crippen LogP contribution < -0.4 is 4.72 Å². The number of halogens is 2. The zero-order valence-corrected chi connectivity index (χ0v) is 16.4. The Kier molecular flexibility index (Phi) is 6.55. The second kappa shape index (κ2) is 8.69. The normalized spacial score (nSPS) is 15.9. The summed E-state index contributed by atoms with van der Waals surface area (Å²) in [6.07, 6.45) is 0. The lowest BCUT2D eigenvalue weighted by atomic mass is 10.1. The van der Waals surface area contributed by atoms with Crippen molar-refractivity contribution in [3.8, 4) is 0 Å². The molecule has 2 aromatic rings. The molecule has 1 heterocycles. The SMILES string of the molecule is O=S(=O)(NCc1ccc(CN2CCOCC2)cc1)c1cccc(Cl)c1Cl. The molecule has 0 amide bonds. The maximum Gasteiger partial charge on any atom is 0.242 e. The molecule has 0 aliphatic carbocycles. The molecular weight excluding hydrogens is 395 g/mol. The van der Waals surface area contributed by atoms with Crippen LogP contribution in [0.2, 0.25) is 10.0 Å². The predicted octanol–water partition coefficient (Wildman–Crippen LogP) is 3.30. The maximum atomic E-state index is 12.4. The van der Waals surface area contributed by atoms with Gasteiger partial charge in [0.25, 0.3) is 0 Å². The Morgan fingerprint density at radius 1 is 1.00 bits per heavy atom. The van der Waals surface area contributed by atoms with Gasteiger partial charge in [0.05, 0.1) is 23.3 Å². The highest BCUT2D eigenvalue weighted by Gasteiger charge is 2.19. The second-order valence-electron chi connectivity index (χ2n) is 6.08. The minimum Gasteiger partial charge on any atom is -0.379 e. The maximum absolute atomic E-state index is 12.4. The van der Waals surface area contributed by atoms with Crippen LogP contribution in [0, 0.1) is 0 Å². The Morgan fingerprint density at radius 3 is 2.35 bits per heavy atom. The zero-order chi connectivity index (χ0) is 18.6. The van der Waals surface area contributed by atoms with Crippen molar-refractivity contribution in [2.45, 2.75) is 18.0 Å². The zero-order valence-electron chi connectivity index (χ0n) is 14.1. The summed E-state index contributed by atoms with van der Waals surface area (Å²) < 4.78 is 32.8. The van der Waals surface area contributed by atoms with Gasteiger partial charge in [-0.25, -0.2) is 13.1 Å². The number of ether oxygens (including phenoxy) is 1. The molecule has 1 saturated heterocycles. The van der Waals surface area contributed by atoms with E-state index in [0.717, 1.165) is 38.4 Å². The van der Waals surface area contributed by atoms with E-state index in [9.17, 15) is 8.42 Å². The lowest BCUT2D eigenvalue weighted by Gasteiger charge is -2.26. The van der Waals surface area contributed by atoms with Crippen molar-refractivity contribution in [3.05, 3.63) is 63.6 Å². The first-order valence-corrected chi connectivity index (χ1v) is 10.5. The Morgan fingerprint density at radius 2 is 1.65 bits per heavy atom. The Labute approximate surface area is 163 Å². The number of rotatable bonds is 6. The topological polar surface area (TPSA) is 58.6 Å². The van der Waals surface area contributed by atoms with Crippen LogP contribution in [-0.2, 0) is 27.8 Å². The highest BCUT2D eigenvalue weighted by Crippen LogP contribution is 2.28. The summed E-state index contributed by atoms with van der Waals surface area (Å²) in [5.74, 6) is 0. The summed E-state index contributed by atoms with van der Waals surface area (Å²) in [4.78, 5) is 2.32. The minimum atomic E-state index is -3.73. The summed E-state index contributed by atoms with van der Waals surface area (Å²) in [5.41, 5.74) is 2.06. The Bertz CT molecular complexity index is 851. The number of morpholine rings is 1. The summed E-state index contributed by atoms with van der Waals surface area (Å²) >= 11 is 11.9. The van der Waals surface area contributed by atoms with Crippen LogP contribution in [0.5, 0.6) is 0 Å². The summed E-state index contributed by atoms with van der Waals surface area (Å²) in [7, 11) is -3.73. The number of hydrogen-bond acceptors (Lipinski definition) is 4. The van der Waals surface area contributed by atoms with E-state index in [1.165, 1.54) is 11.6 Å². The number of hydrogen-bond donors (Lipinski definition) is 1. The Hall–Kier alpha value is -1.15. The third kappa shape index (κ3) is 4.97. The molecular formula is C18H20Cl2N2O3S. The van der Waals surface area contributed by atoms with Crippen LogP contribution >= 0.6 is 23.2 Å². The van der Waals surface area contributed by atoms with Crippen molar-refractivity contribution in [1.82, 2.24) is 9.62 Å². The van der Waals surface area contributed by atoms with E-state index in [0.29, 0.717) is 0 Å². The fourth-order valence-electron chi connectivity index (χ4n) is 2.73. The van der Waals surface area contributed by atoms with Crippen molar-refractivity contribution in [2.75, 3.05) is 26.3 Å². The molecule has 26 heavy (non-hydrogen) atoms. The van der Waals surface area contributed by atoms with E-state index in [4.69, 9.17) is 27.9 Å². The van der Waals surface area contributed by atoms with Gasteiger partial charge in [0, 0.05) is 26.2 Å². The van der Waals surface area contributed by atoms with E-state index in [2.05, 4.69) is 9.62 Å². The third-order valence-corrected chi connectivity index (χ3v) is 6.58. The minimum absolute atomic E-state index is 0.0180. The van der Waals surface area contributed by atoms with Gasteiger partial charge in [0.1, 0.15) is 4.90 Å². The lowest BCUT2D eigenvalue weighted by Crippen LogP contribution is -2.35. The predicted molar refractivity (Wildman–Crippen MR) is 103 cm³/mol. The van der Waals surface area contributed by atoms with Crippen molar-refractivity contribution in [2.24, 2.45) is 0 Å². The van der Waals surface area contributed by atoms with Gasteiger partial charge < -0.3 is 4.74 Å². The third-order valence-electron chi connectivity index (χ3n) is 4.20. The summed E-state index contributed by atoms with van der Waals surface area (Å²) in [6.45, 7) is 4.46. The van der Waals surface area contributed by atoms with Crippen molar-refractivity contribution < 1.29 is 13.2 Å². The number of benzene rings is 2. The summed E-state index contributed by atoms with van der Waals surface area (Å²) in [5, 5.41) is 0.240. The van der Waals surface area contributed by atoms with Gasteiger partial charge in [-0.1, -0.05) is 53.5 Å². The first kappa shape index (κ1) is 19.6. The molecule has 2 aromatic carbocycles. The van der Waals surface area contributed by atoms with Gasteiger partial charge >= 0.3 is 0 Å². The molecule has 1 aliphatic rings. The number of nitrogens with zero attached hydrogens (tertiary/aromatic N) is 1. The number of sulfonamides is 1. The van der Waals surface area contributed by atoms with Crippen LogP contribution in [-0.4, -0.2) is 39.6 Å². The van der Waals surface area contributed by atoms with Crippen LogP contribution in [0.25, 0.3) is 0 Å². The van der Waals surface area contributed by atoms with Crippen molar-refractivity contribution in [1.29, 1.82) is 0 Å². The van der Waals surface area contributed by atoms with Crippen LogP contribution in [0.15, 0.2) is 47.4 Å². The van der Waals surface area contributed by atoms with E-state index in [-0.39, 0.29) is 21.5 Å². The molecule has 8 heteroatoms. The van der Waals surface area contributed by atoms with Gasteiger partial charge in [0.15, 0.2) is 0 Å². The van der Waals surface area contributed by atoms with Gasteiger partial charge in [-0.3, -0.25) is 4.90 Å². The molecule has 140 valence electrons. The highest BCUT2D eigenvalue weighted by atomic mass is 35.5. The largest absolute Gasteiger partial charge is 0.379 e. The fourth-order valence-corrected chi connectivity index (χ4v) is 4.50. The molecule has 1 fully saturated rings. The smallest absolute Gasteiger partial charge is 0.242 e. The lowest BCUT2D eigenvalue weighted by molar-refractivity contribution is 0.0342. The first-order chi connectivity index (χ1) is 12.5. The van der Waals surface area contributed by atoms with Gasteiger partial charge in [-0.15, -0.1) is 0 Å². The molecule has 5 nitrogen and oxygen atoms in total. The van der Waals surface area contributed by atoms with E-state index in [1.54, 1.807) is 12.1 Å². The Balaban J connectivity index is 1.61.